The number of hydrazine groups is 1. The van der Waals surface area contributed by atoms with Gasteiger partial charge in [0.1, 0.15) is 5.75 Å². The van der Waals surface area contributed by atoms with Gasteiger partial charge in [0.2, 0.25) is 0 Å². The van der Waals surface area contributed by atoms with E-state index in [-0.39, 0.29) is 0 Å². The van der Waals surface area contributed by atoms with Gasteiger partial charge in [0.15, 0.2) is 0 Å². The minimum Gasteiger partial charge on any atom is -0.496 e. The summed E-state index contributed by atoms with van der Waals surface area (Å²) < 4.78 is 10.1. The van der Waals surface area contributed by atoms with Crippen LogP contribution >= 0.6 is 0 Å². The lowest BCUT2D eigenvalue weighted by molar-refractivity contribution is 0.173. The van der Waals surface area contributed by atoms with E-state index in [1.807, 2.05) is 43.3 Å². The van der Waals surface area contributed by atoms with E-state index in [0.29, 0.717) is 11.4 Å². The Morgan fingerprint density at radius 2 is 1.77 bits per heavy atom. The van der Waals surface area contributed by atoms with Crippen molar-refractivity contribution in [1.29, 1.82) is 0 Å². The molecule has 6 nitrogen and oxygen atoms in total. The van der Waals surface area contributed by atoms with Crippen molar-refractivity contribution in [2.45, 2.75) is 6.92 Å². The van der Waals surface area contributed by atoms with Gasteiger partial charge in [0.25, 0.3) is 0 Å². The Morgan fingerprint density at radius 1 is 1.00 bits per heavy atom. The Balaban J connectivity index is 1.91. The van der Waals surface area contributed by atoms with Crippen molar-refractivity contribution in [1.82, 2.24) is 10.4 Å². The number of carbonyl (C=O) groups excluding carboxylic acids is 1. The van der Waals surface area contributed by atoms with Crippen LogP contribution in [0.2, 0.25) is 0 Å². The lowest BCUT2D eigenvalue weighted by Crippen LogP contribution is -2.28. The van der Waals surface area contributed by atoms with E-state index < -0.39 is 6.09 Å². The number of H-pyrrole nitrogens is 1. The molecule has 2 aromatic carbocycles. The number of benzene rings is 2. The van der Waals surface area contributed by atoms with E-state index in [9.17, 15) is 4.79 Å². The second-order valence-corrected chi connectivity index (χ2v) is 5.74. The van der Waals surface area contributed by atoms with Gasteiger partial charge in [0, 0.05) is 28.6 Å². The summed E-state index contributed by atoms with van der Waals surface area (Å²) in [6.07, 6.45) is -0.568. The maximum atomic E-state index is 11.2. The van der Waals surface area contributed by atoms with Gasteiger partial charge >= 0.3 is 6.09 Å². The van der Waals surface area contributed by atoms with Crippen LogP contribution < -0.4 is 15.6 Å². The van der Waals surface area contributed by atoms with Crippen LogP contribution in [0.5, 0.6) is 5.75 Å². The average Bonchev–Trinajstić information content (AvgIpc) is 3.08. The molecule has 0 aliphatic heterocycles. The van der Waals surface area contributed by atoms with E-state index in [1.165, 1.54) is 7.11 Å². The molecule has 0 aliphatic carbocycles. The summed E-state index contributed by atoms with van der Waals surface area (Å²) in [6.45, 7) is 2.03. The molecule has 0 fully saturated rings. The van der Waals surface area contributed by atoms with Gasteiger partial charge in [-0.1, -0.05) is 30.3 Å². The molecule has 0 spiro atoms. The molecule has 0 atom stereocenters. The van der Waals surface area contributed by atoms with Gasteiger partial charge in [-0.15, -0.1) is 0 Å². The zero-order chi connectivity index (χ0) is 18.5. The number of methoxy groups -OCH3 is 2. The third-order valence-electron chi connectivity index (χ3n) is 4.09. The molecule has 134 valence electrons. The summed E-state index contributed by atoms with van der Waals surface area (Å²) >= 11 is 0. The lowest BCUT2D eigenvalue weighted by atomic mass is 10.0. The van der Waals surface area contributed by atoms with Gasteiger partial charge in [-0.2, -0.15) is 0 Å². The van der Waals surface area contributed by atoms with Crippen LogP contribution in [0.3, 0.4) is 0 Å². The van der Waals surface area contributed by atoms with Crippen LogP contribution in [0.4, 0.5) is 10.5 Å². The largest absolute Gasteiger partial charge is 0.496 e. The van der Waals surface area contributed by atoms with Crippen molar-refractivity contribution < 1.29 is 14.3 Å². The van der Waals surface area contributed by atoms with Crippen molar-refractivity contribution >= 4 is 11.8 Å². The summed E-state index contributed by atoms with van der Waals surface area (Å²) in [4.78, 5) is 14.6. The number of hydrogen-bond donors (Lipinski definition) is 3. The Bertz CT molecular complexity index is 904. The normalized spacial score (nSPS) is 10.3. The molecule has 0 unspecified atom stereocenters. The predicted molar refractivity (Wildman–Crippen MR) is 102 cm³/mol. The minimum atomic E-state index is -0.568. The molecular formula is C20H21N3O3. The minimum absolute atomic E-state index is 0.568. The molecular weight excluding hydrogens is 330 g/mol. The molecule has 0 radical (unpaired) electrons. The topological polar surface area (TPSA) is 75.4 Å². The molecule has 3 aromatic rings. The zero-order valence-electron chi connectivity index (χ0n) is 14.9. The highest BCUT2D eigenvalue weighted by molar-refractivity contribution is 5.80. The molecule has 3 N–H and O–H groups in total. The molecule has 0 aliphatic rings. The molecule has 0 saturated carbocycles. The third-order valence-corrected chi connectivity index (χ3v) is 4.09. The van der Waals surface area contributed by atoms with Crippen LogP contribution in [0, 0.1) is 6.92 Å². The van der Waals surface area contributed by atoms with Crippen LogP contribution in [0.25, 0.3) is 22.4 Å². The molecule has 1 amide bonds. The van der Waals surface area contributed by atoms with Crippen LogP contribution in [0.15, 0.2) is 54.6 Å². The SMILES string of the molecule is COC(=O)NNc1ccc(-c2cc(-c3ccccc3)[nH]c2C)c(OC)c1. The molecule has 1 aromatic heterocycles. The first kappa shape index (κ1) is 17.4. The number of aromatic amines is 1. The summed E-state index contributed by atoms with van der Waals surface area (Å²) in [5.41, 5.74) is 11.1. The maximum absolute atomic E-state index is 11.2. The van der Waals surface area contributed by atoms with Crippen molar-refractivity contribution in [3.05, 3.63) is 60.3 Å². The average molecular weight is 351 g/mol. The van der Waals surface area contributed by atoms with E-state index in [2.05, 4.69) is 38.8 Å². The molecule has 0 bridgehead atoms. The van der Waals surface area contributed by atoms with E-state index >= 15 is 0 Å². The molecule has 3 rings (SSSR count). The Hall–Kier alpha value is -3.41. The van der Waals surface area contributed by atoms with Crippen molar-refractivity contribution in [3.63, 3.8) is 0 Å². The zero-order valence-corrected chi connectivity index (χ0v) is 14.9. The second kappa shape index (κ2) is 7.65. The quantitative estimate of drug-likeness (QED) is 0.598. The highest BCUT2D eigenvalue weighted by Crippen LogP contribution is 2.36. The van der Waals surface area contributed by atoms with Crippen LogP contribution in [-0.2, 0) is 4.74 Å². The highest BCUT2D eigenvalue weighted by Gasteiger charge is 2.13. The van der Waals surface area contributed by atoms with Crippen LogP contribution in [0.1, 0.15) is 5.69 Å². The van der Waals surface area contributed by atoms with Gasteiger partial charge in [0.05, 0.1) is 19.9 Å². The van der Waals surface area contributed by atoms with Crippen molar-refractivity contribution in [2.75, 3.05) is 19.6 Å². The highest BCUT2D eigenvalue weighted by atomic mass is 16.5. The van der Waals surface area contributed by atoms with Gasteiger partial charge in [-0.25, -0.2) is 10.2 Å². The van der Waals surface area contributed by atoms with E-state index in [1.54, 1.807) is 7.11 Å². The summed E-state index contributed by atoms with van der Waals surface area (Å²) in [7, 11) is 2.93. The van der Waals surface area contributed by atoms with Gasteiger partial charge in [-0.3, -0.25) is 5.43 Å². The Labute approximate surface area is 152 Å². The number of ether oxygens (including phenoxy) is 2. The second-order valence-electron chi connectivity index (χ2n) is 5.74. The monoisotopic (exact) mass is 351 g/mol. The number of amides is 1. The first-order valence-corrected chi connectivity index (χ1v) is 8.15. The summed E-state index contributed by atoms with van der Waals surface area (Å²) in [5, 5.41) is 0. The van der Waals surface area contributed by atoms with E-state index in [0.717, 1.165) is 28.1 Å². The number of aryl methyl sites for hydroxylation is 1. The number of rotatable bonds is 5. The summed E-state index contributed by atoms with van der Waals surface area (Å²) in [6, 6.07) is 17.9. The van der Waals surface area contributed by atoms with E-state index in [4.69, 9.17) is 4.74 Å². The number of aromatic nitrogens is 1. The number of nitrogens with one attached hydrogen (secondary N) is 3. The van der Waals surface area contributed by atoms with Crippen molar-refractivity contribution in [3.8, 4) is 28.1 Å². The first-order chi connectivity index (χ1) is 12.6. The first-order valence-electron chi connectivity index (χ1n) is 8.15. The smallest absolute Gasteiger partial charge is 0.425 e. The molecule has 1 heterocycles. The Morgan fingerprint density at radius 3 is 2.46 bits per heavy atom. The summed E-state index contributed by atoms with van der Waals surface area (Å²) in [5.74, 6) is 0.698. The number of anilines is 1. The fourth-order valence-corrected chi connectivity index (χ4v) is 2.78. The standard InChI is InChI=1S/C20H21N3O3/c1-13-17(12-18(21-13)14-7-5-4-6-8-14)16-10-9-15(11-19(16)25-2)22-23-20(24)26-3/h4-12,21-22H,1-3H3,(H,23,24). The lowest BCUT2D eigenvalue weighted by Gasteiger charge is -2.12. The third kappa shape index (κ3) is 3.64. The van der Waals surface area contributed by atoms with Crippen LogP contribution in [-0.4, -0.2) is 25.3 Å². The fourth-order valence-electron chi connectivity index (χ4n) is 2.78. The predicted octanol–water partition coefficient (Wildman–Crippen LogP) is 4.35. The van der Waals surface area contributed by atoms with Gasteiger partial charge in [-0.05, 0) is 30.7 Å². The number of carbonyl (C=O) groups is 1. The fraction of sp³-hybridized carbons (Fsp3) is 0.150. The molecule has 6 heteroatoms. The Kier molecular flexibility index (Phi) is 5.12. The molecule has 26 heavy (non-hydrogen) atoms. The maximum Gasteiger partial charge on any atom is 0.425 e. The molecule has 0 saturated heterocycles. The van der Waals surface area contributed by atoms with Crippen molar-refractivity contribution in [2.24, 2.45) is 0 Å². The number of hydrogen-bond acceptors (Lipinski definition) is 4. The van der Waals surface area contributed by atoms with Gasteiger partial charge < -0.3 is 14.5 Å².